The van der Waals surface area contributed by atoms with Crippen LogP contribution in [0.2, 0.25) is 0 Å². The predicted octanol–water partition coefficient (Wildman–Crippen LogP) is 3.19. The smallest absolute Gasteiger partial charge is 0.308 e. The lowest BCUT2D eigenvalue weighted by Gasteiger charge is -2.30. The fraction of sp³-hybridized carbons (Fsp3) is 0.556. The Kier molecular flexibility index (Phi) is 6.44. The van der Waals surface area contributed by atoms with E-state index in [1.807, 2.05) is 0 Å². The van der Waals surface area contributed by atoms with Crippen LogP contribution in [0.5, 0.6) is 5.75 Å². The number of ether oxygens (including phenoxy) is 1. The van der Waals surface area contributed by atoms with Gasteiger partial charge in [0.05, 0.1) is 12.5 Å². The Bertz CT molecular complexity index is 526. The number of benzene rings is 1. The fourth-order valence-electron chi connectivity index (χ4n) is 2.78. The number of carboxylic acid groups (broad SMARTS) is 1. The van der Waals surface area contributed by atoms with Crippen molar-refractivity contribution in [1.29, 1.82) is 0 Å². The molecule has 0 aliphatic carbocycles. The summed E-state index contributed by atoms with van der Waals surface area (Å²) in [4.78, 5) is 25.2. The van der Waals surface area contributed by atoms with E-state index >= 15 is 0 Å². The van der Waals surface area contributed by atoms with Crippen molar-refractivity contribution in [2.24, 2.45) is 5.92 Å². The van der Waals surface area contributed by atoms with Gasteiger partial charge in [0.25, 0.3) is 5.91 Å². The number of carboxylic acids is 1. The molecule has 1 amide bonds. The third-order valence-corrected chi connectivity index (χ3v) is 4.18. The van der Waals surface area contributed by atoms with Crippen LogP contribution >= 0.6 is 0 Å². The topological polar surface area (TPSA) is 66.8 Å². The molecule has 1 saturated heterocycles. The van der Waals surface area contributed by atoms with Gasteiger partial charge in [-0.1, -0.05) is 19.8 Å². The molecule has 1 atom stereocenters. The third-order valence-electron chi connectivity index (χ3n) is 4.18. The number of likely N-dealkylation sites (tertiary alicyclic amines) is 1. The van der Waals surface area contributed by atoms with E-state index in [9.17, 15) is 9.59 Å². The van der Waals surface area contributed by atoms with E-state index in [0.717, 1.165) is 31.4 Å². The molecule has 2 rings (SSSR count). The van der Waals surface area contributed by atoms with Gasteiger partial charge in [0.2, 0.25) is 0 Å². The molecule has 1 fully saturated rings. The van der Waals surface area contributed by atoms with Crippen LogP contribution in [-0.4, -0.2) is 41.6 Å². The number of amides is 1. The van der Waals surface area contributed by atoms with Crippen LogP contribution in [0, 0.1) is 5.92 Å². The lowest BCUT2D eigenvalue weighted by Crippen LogP contribution is -2.42. The first kappa shape index (κ1) is 17.3. The van der Waals surface area contributed by atoms with Crippen molar-refractivity contribution in [3.63, 3.8) is 0 Å². The minimum absolute atomic E-state index is 0.103. The molecule has 126 valence electrons. The molecule has 0 aromatic heterocycles. The lowest BCUT2D eigenvalue weighted by atomic mass is 9.97. The van der Waals surface area contributed by atoms with Crippen molar-refractivity contribution in [3.05, 3.63) is 29.8 Å². The van der Waals surface area contributed by atoms with E-state index in [1.54, 1.807) is 29.2 Å². The number of hydrogen-bond donors (Lipinski definition) is 1. The SMILES string of the molecule is CCCCCOc1ccc(C(=O)N2CCC[C@H](C(=O)O)C2)cc1. The van der Waals surface area contributed by atoms with E-state index in [2.05, 4.69) is 6.92 Å². The second-order valence-corrected chi connectivity index (χ2v) is 6.01. The molecule has 5 heteroatoms. The zero-order valence-electron chi connectivity index (χ0n) is 13.7. The molecular formula is C18H25NO4. The van der Waals surface area contributed by atoms with Crippen molar-refractivity contribution < 1.29 is 19.4 Å². The molecule has 1 aliphatic heterocycles. The lowest BCUT2D eigenvalue weighted by molar-refractivity contribution is -0.143. The maximum absolute atomic E-state index is 12.5. The number of nitrogens with zero attached hydrogens (tertiary/aromatic N) is 1. The summed E-state index contributed by atoms with van der Waals surface area (Å²) in [5.74, 6) is -0.611. The Balaban J connectivity index is 1.90. The van der Waals surface area contributed by atoms with Crippen LogP contribution in [0.1, 0.15) is 49.4 Å². The van der Waals surface area contributed by atoms with Crippen molar-refractivity contribution in [2.75, 3.05) is 19.7 Å². The van der Waals surface area contributed by atoms with Gasteiger partial charge < -0.3 is 14.7 Å². The van der Waals surface area contributed by atoms with E-state index in [0.29, 0.717) is 31.7 Å². The Labute approximate surface area is 137 Å². The van der Waals surface area contributed by atoms with E-state index < -0.39 is 11.9 Å². The number of carbonyl (C=O) groups excluding carboxylic acids is 1. The summed E-state index contributed by atoms with van der Waals surface area (Å²) in [5.41, 5.74) is 0.581. The summed E-state index contributed by atoms with van der Waals surface area (Å²) in [6.07, 6.45) is 4.72. The van der Waals surface area contributed by atoms with Gasteiger partial charge in [-0.3, -0.25) is 9.59 Å². The molecule has 1 aromatic carbocycles. The highest BCUT2D eigenvalue weighted by molar-refractivity contribution is 5.94. The molecule has 0 saturated carbocycles. The summed E-state index contributed by atoms with van der Waals surface area (Å²) < 4.78 is 5.63. The van der Waals surface area contributed by atoms with Crippen molar-refractivity contribution >= 4 is 11.9 Å². The highest BCUT2D eigenvalue weighted by Gasteiger charge is 2.28. The molecule has 0 spiro atoms. The third kappa shape index (κ3) is 4.98. The van der Waals surface area contributed by atoms with Crippen LogP contribution in [0.4, 0.5) is 0 Å². The molecule has 0 bridgehead atoms. The Morgan fingerprint density at radius 1 is 1.26 bits per heavy atom. The maximum Gasteiger partial charge on any atom is 0.308 e. The van der Waals surface area contributed by atoms with Gasteiger partial charge in [-0.15, -0.1) is 0 Å². The molecule has 1 N–H and O–H groups in total. The Morgan fingerprint density at radius 2 is 2.00 bits per heavy atom. The highest BCUT2D eigenvalue weighted by atomic mass is 16.5. The summed E-state index contributed by atoms with van der Waals surface area (Å²) in [6, 6.07) is 7.11. The number of rotatable bonds is 7. The molecule has 0 unspecified atom stereocenters. The first-order valence-electron chi connectivity index (χ1n) is 8.36. The van der Waals surface area contributed by atoms with Crippen molar-refractivity contribution in [2.45, 2.75) is 39.0 Å². The quantitative estimate of drug-likeness (QED) is 0.784. The van der Waals surface area contributed by atoms with E-state index in [1.165, 1.54) is 0 Å². The van der Waals surface area contributed by atoms with E-state index in [4.69, 9.17) is 9.84 Å². The standard InChI is InChI=1S/C18H25NO4/c1-2-3-4-12-23-16-9-7-14(8-10-16)17(20)19-11-5-6-15(13-19)18(21)22/h7-10,15H,2-6,11-13H2,1H3,(H,21,22)/t15-/m0/s1. The highest BCUT2D eigenvalue weighted by Crippen LogP contribution is 2.20. The van der Waals surface area contributed by atoms with Crippen LogP contribution in [0.25, 0.3) is 0 Å². The monoisotopic (exact) mass is 319 g/mol. The largest absolute Gasteiger partial charge is 0.494 e. The first-order chi connectivity index (χ1) is 11.1. The van der Waals surface area contributed by atoms with Crippen LogP contribution in [0.15, 0.2) is 24.3 Å². The van der Waals surface area contributed by atoms with Crippen molar-refractivity contribution in [3.8, 4) is 5.75 Å². The van der Waals surface area contributed by atoms with Crippen molar-refractivity contribution in [1.82, 2.24) is 4.90 Å². The van der Waals surface area contributed by atoms with Gasteiger partial charge in [0.1, 0.15) is 5.75 Å². The fourth-order valence-corrected chi connectivity index (χ4v) is 2.78. The number of piperidine rings is 1. The molecule has 5 nitrogen and oxygen atoms in total. The average molecular weight is 319 g/mol. The van der Waals surface area contributed by atoms with E-state index in [-0.39, 0.29) is 5.91 Å². The summed E-state index contributed by atoms with van der Waals surface area (Å²) in [5, 5.41) is 9.11. The molecular weight excluding hydrogens is 294 g/mol. The van der Waals surface area contributed by atoms with Crippen LogP contribution in [0.3, 0.4) is 0 Å². The Morgan fingerprint density at radius 3 is 2.65 bits per heavy atom. The van der Waals surface area contributed by atoms with Gasteiger partial charge >= 0.3 is 5.97 Å². The maximum atomic E-state index is 12.5. The Hall–Kier alpha value is -2.04. The van der Waals surface area contributed by atoms with Gasteiger partial charge in [-0.25, -0.2) is 0 Å². The number of aliphatic carboxylic acids is 1. The minimum Gasteiger partial charge on any atom is -0.494 e. The van der Waals surface area contributed by atoms with Gasteiger partial charge in [-0.2, -0.15) is 0 Å². The zero-order chi connectivity index (χ0) is 16.7. The predicted molar refractivity (Wildman–Crippen MR) is 87.7 cm³/mol. The summed E-state index contributed by atoms with van der Waals surface area (Å²) in [6.45, 7) is 3.75. The second kappa shape index (κ2) is 8.56. The van der Waals surface area contributed by atoms with Gasteiger partial charge in [0, 0.05) is 18.7 Å². The molecule has 1 aliphatic rings. The number of carbonyl (C=O) groups is 2. The van der Waals surface area contributed by atoms with Gasteiger partial charge in [0.15, 0.2) is 0 Å². The number of hydrogen-bond acceptors (Lipinski definition) is 3. The average Bonchev–Trinajstić information content (AvgIpc) is 2.59. The van der Waals surface area contributed by atoms with Gasteiger partial charge in [-0.05, 0) is 43.5 Å². The molecule has 1 heterocycles. The molecule has 0 radical (unpaired) electrons. The minimum atomic E-state index is -0.821. The zero-order valence-corrected chi connectivity index (χ0v) is 13.7. The molecule has 1 aromatic rings. The second-order valence-electron chi connectivity index (χ2n) is 6.01. The summed E-state index contributed by atoms with van der Waals surface area (Å²) in [7, 11) is 0. The molecule has 23 heavy (non-hydrogen) atoms. The number of unbranched alkanes of at least 4 members (excludes halogenated alkanes) is 2. The van der Waals surface area contributed by atoms with Crippen LogP contribution < -0.4 is 4.74 Å². The first-order valence-corrected chi connectivity index (χ1v) is 8.36. The van der Waals surface area contributed by atoms with Crippen LogP contribution in [-0.2, 0) is 4.79 Å². The normalized spacial score (nSPS) is 17.8. The summed E-state index contributed by atoms with van der Waals surface area (Å²) >= 11 is 0.